The number of sulfonamides is 1. The Hall–Kier alpha value is -2.22. The molecule has 0 aliphatic heterocycles. The van der Waals surface area contributed by atoms with E-state index in [1.54, 1.807) is 37.3 Å². The van der Waals surface area contributed by atoms with Gasteiger partial charge in [-0.15, -0.1) is 0 Å². The van der Waals surface area contributed by atoms with E-state index >= 15 is 0 Å². The van der Waals surface area contributed by atoms with E-state index in [-0.39, 0.29) is 23.6 Å². The second kappa shape index (κ2) is 9.07. The normalized spacial score (nSPS) is 15.9. The van der Waals surface area contributed by atoms with Gasteiger partial charge in [0.05, 0.1) is 11.5 Å². The zero-order valence-electron chi connectivity index (χ0n) is 16.9. The molecule has 3 rings (SSSR count). The van der Waals surface area contributed by atoms with E-state index in [9.17, 15) is 13.2 Å². The van der Waals surface area contributed by atoms with Gasteiger partial charge in [-0.25, -0.2) is 8.42 Å². The number of likely N-dealkylation sites (N-methyl/N-ethyl adjacent to an activating group) is 1. The first-order valence-corrected chi connectivity index (χ1v) is 11.4. The van der Waals surface area contributed by atoms with Gasteiger partial charge in [0.25, 0.3) is 5.56 Å². The summed E-state index contributed by atoms with van der Waals surface area (Å²) in [5.41, 5.74) is 3.05. The summed E-state index contributed by atoms with van der Waals surface area (Å²) in [5.74, 6) is 0.453. The minimum absolute atomic E-state index is 0.0432. The highest BCUT2D eigenvalue weighted by atomic mass is 32.2. The van der Waals surface area contributed by atoms with Gasteiger partial charge in [0.15, 0.2) is 0 Å². The molecule has 1 heterocycles. The SMILES string of the molecule is Cc1ccc(C(=CC2CCCC2)c2ccc(S(=O)(=O)N(C)CCO)cc2)[nH]c1=O. The monoisotopic (exact) mass is 416 g/mol. The lowest BCUT2D eigenvalue weighted by molar-refractivity contribution is 0.266. The number of aromatic amines is 1. The van der Waals surface area contributed by atoms with Gasteiger partial charge in [-0.3, -0.25) is 4.79 Å². The minimum Gasteiger partial charge on any atom is -0.395 e. The Labute approximate surface area is 172 Å². The number of aromatic nitrogens is 1. The van der Waals surface area contributed by atoms with E-state index in [1.165, 1.54) is 19.9 Å². The average Bonchev–Trinajstić information content (AvgIpc) is 3.22. The van der Waals surface area contributed by atoms with Gasteiger partial charge in [-0.05, 0) is 49.4 Å². The van der Waals surface area contributed by atoms with Crippen molar-refractivity contribution in [3.05, 3.63) is 69.6 Å². The maximum atomic E-state index is 12.6. The summed E-state index contributed by atoms with van der Waals surface area (Å²) in [6.45, 7) is 1.58. The zero-order chi connectivity index (χ0) is 21.0. The summed E-state index contributed by atoms with van der Waals surface area (Å²) in [7, 11) is -2.20. The maximum Gasteiger partial charge on any atom is 0.251 e. The Morgan fingerprint density at radius 1 is 1.17 bits per heavy atom. The molecule has 2 N–H and O–H groups in total. The Morgan fingerprint density at radius 3 is 2.41 bits per heavy atom. The van der Waals surface area contributed by atoms with Crippen molar-refractivity contribution < 1.29 is 13.5 Å². The number of aryl methyl sites for hydroxylation is 1. The molecule has 7 heteroatoms. The lowest BCUT2D eigenvalue weighted by Gasteiger charge is -2.17. The van der Waals surface area contributed by atoms with Crippen LogP contribution >= 0.6 is 0 Å². The summed E-state index contributed by atoms with van der Waals surface area (Å²) < 4.78 is 26.3. The van der Waals surface area contributed by atoms with Gasteiger partial charge < -0.3 is 10.1 Å². The standard InChI is InChI=1S/C22H28N2O4S/c1-16-7-12-21(23-22(16)26)20(15-17-5-3-4-6-17)18-8-10-19(11-9-18)29(27,28)24(2)13-14-25/h7-12,15,17,25H,3-6,13-14H2,1-2H3,(H,23,26). The third-order valence-corrected chi connectivity index (χ3v) is 7.36. The van der Waals surface area contributed by atoms with Crippen LogP contribution in [0.3, 0.4) is 0 Å². The number of hydrogen-bond acceptors (Lipinski definition) is 4. The van der Waals surface area contributed by atoms with E-state index in [2.05, 4.69) is 11.1 Å². The first kappa shape index (κ1) is 21.5. The minimum atomic E-state index is -3.65. The number of pyridine rings is 1. The maximum absolute atomic E-state index is 12.6. The molecule has 0 bridgehead atoms. The third kappa shape index (κ3) is 4.86. The fourth-order valence-electron chi connectivity index (χ4n) is 3.65. The van der Waals surface area contributed by atoms with E-state index in [0.717, 1.165) is 34.0 Å². The molecule has 1 aliphatic rings. The second-order valence-corrected chi connectivity index (χ2v) is 9.63. The molecule has 0 amide bonds. The smallest absolute Gasteiger partial charge is 0.251 e. The summed E-state index contributed by atoms with van der Waals surface area (Å²) in [6.07, 6.45) is 6.85. The second-order valence-electron chi connectivity index (χ2n) is 7.58. The van der Waals surface area contributed by atoms with Crippen LogP contribution in [0.5, 0.6) is 0 Å². The first-order valence-electron chi connectivity index (χ1n) is 9.92. The van der Waals surface area contributed by atoms with E-state index in [1.807, 2.05) is 6.07 Å². The molecule has 0 radical (unpaired) electrons. The molecule has 156 valence electrons. The predicted octanol–water partition coefficient (Wildman–Crippen LogP) is 2.92. The van der Waals surface area contributed by atoms with Crippen molar-refractivity contribution in [3.8, 4) is 0 Å². The van der Waals surface area contributed by atoms with Crippen LogP contribution in [0.25, 0.3) is 5.57 Å². The number of nitrogens with one attached hydrogen (secondary N) is 1. The number of benzene rings is 1. The highest BCUT2D eigenvalue weighted by Gasteiger charge is 2.21. The molecule has 0 saturated heterocycles. The molecule has 1 saturated carbocycles. The number of aliphatic hydroxyl groups excluding tert-OH is 1. The van der Waals surface area contributed by atoms with Crippen LogP contribution in [0.2, 0.25) is 0 Å². The molecule has 2 aromatic rings. The van der Waals surface area contributed by atoms with Crippen molar-refractivity contribution in [2.45, 2.75) is 37.5 Å². The van der Waals surface area contributed by atoms with Crippen LogP contribution in [-0.4, -0.2) is 43.0 Å². The fraction of sp³-hybridized carbons (Fsp3) is 0.409. The zero-order valence-corrected chi connectivity index (χ0v) is 17.7. The summed E-state index contributed by atoms with van der Waals surface area (Å²) in [6, 6.07) is 10.4. The van der Waals surface area contributed by atoms with Crippen LogP contribution < -0.4 is 5.56 Å². The van der Waals surface area contributed by atoms with Crippen molar-refractivity contribution in [1.29, 1.82) is 0 Å². The fourth-order valence-corrected chi connectivity index (χ4v) is 4.81. The Bertz CT molecular complexity index is 1030. The number of rotatable bonds is 7. The van der Waals surface area contributed by atoms with Gasteiger partial charge in [0.1, 0.15) is 0 Å². The third-order valence-electron chi connectivity index (χ3n) is 5.49. The van der Waals surface area contributed by atoms with Crippen molar-refractivity contribution in [3.63, 3.8) is 0 Å². The highest BCUT2D eigenvalue weighted by molar-refractivity contribution is 7.89. The van der Waals surface area contributed by atoms with Gasteiger partial charge in [-0.2, -0.15) is 4.31 Å². The molecule has 29 heavy (non-hydrogen) atoms. The molecular formula is C22H28N2O4S. The molecule has 6 nitrogen and oxygen atoms in total. The largest absolute Gasteiger partial charge is 0.395 e. The van der Waals surface area contributed by atoms with Crippen LogP contribution in [0, 0.1) is 12.8 Å². The topological polar surface area (TPSA) is 90.5 Å². The number of hydrogen-bond donors (Lipinski definition) is 2. The predicted molar refractivity (Wildman–Crippen MR) is 114 cm³/mol. The van der Waals surface area contributed by atoms with Gasteiger partial charge >= 0.3 is 0 Å². The Morgan fingerprint density at radius 2 is 1.83 bits per heavy atom. The molecule has 0 unspecified atom stereocenters. The summed E-state index contributed by atoms with van der Waals surface area (Å²) in [4.78, 5) is 15.3. The van der Waals surface area contributed by atoms with E-state index < -0.39 is 10.0 Å². The number of allylic oxidation sites excluding steroid dienone is 1. The number of nitrogens with zero attached hydrogens (tertiary/aromatic N) is 1. The summed E-state index contributed by atoms with van der Waals surface area (Å²) in [5, 5.41) is 9.02. The van der Waals surface area contributed by atoms with Crippen LogP contribution in [0.4, 0.5) is 0 Å². The van der Waals surface area contributed by atoms with Crippen molar-refractivity contribution in [2.75, 3.05) is 20.2 Å². The first-order chi connectivity index (χ1) is 13.8. The molecular weight excluding hydrogens is 388 g/mol. The number of aliphatic hydroxyl groups is 1. The number of H-pyrrole nitrogens is 1. The molecule has 1 fully saturated rings. The molecule has 0 atom stereocenters. The van der Waals surface area contributed by atoms with E-state index in [0.29, 0.717) is 11.5 Å². The molecule has 0 spiro atoms. The average molecular weight is 417 g/mol. The molecule has 1 aromatic carbocycles. The summed E-state index contributed by atoms with van der Waals surface area (Å²) >= 11 is 0. The van der Waals surface area contributed by atoms with Crippen LogP contribution in [0.15, 0.2) is 52.2 Å². The Kier molecular flexibility index (Phi) is 6.72. The lowest BCUT2D eigenvalue weighted by Crippen LogP contribution is -2.29. The lowest BCUT2D eigenvalue weighted by atomic mass is 9.96. The van der Waals surface area contributed by atoms with Crippen molar-refractivity contribution in [2.24, 2.45) is 5.92 Å². The quantitative estimate of drug-likeness (QED) is 0.726. The Balaban J connectivity index is 2.00. The van der Waals surface area contributed by atoms with Crippen molar-refractivity contribution >= 4 is 15.6 Å². The van der Waals surface area contributed by atoms with Crippen LogP contribution in [0.1, 0.15) is 42.5 Å². The van der Waals surface area contributed by atoms with Gasteiger partial charge in [-0.1, -0.05) is 37.1 Å². The van der Waals surface area contributed by atoms with Crippen LogP contribution in [-0.2, 0) is 10.0 Å². The van der Waals surface area contributed by atoms with Gasteiger partial charge in [0.2, 0.25) is 10.0 Å². The highest BCUT2D eigenvalue weighted by Crippen LogP contribution is 2.32. The van der Waals surface area contributed by atoms with Gasteiger partial charge in [0, 0.05) is 30.4 Å². The molecule has 1 aliphatic carbocycles. The van der Waals surface area contributed by atoms with E-state index in [4.69, 9.17) is 5.11 Å². The molecule has 1 aromatic heterocycles. The van der Waals surface area contributed by atoms with Crippen molar-refractivity contribution in [1.82, 2.24) is 9.29 Å².